The minimum absolute atomic E-state index is 0.0897. The van der Waals surface area contributed by atoms with Gasteiger partial charge in [-0.05, 0) is 10.9 Å². The molecule has 204 valence electrons. The Hall–Kier alpha value is -3.57. The van der Waals surface area contributed by atoms with E-state index in [2.05, 4.69) is 5.32 Å². The number of nitrogens with one attached hydrogen (secondary N) is 1. The van der Waals surface area contributed by atoms with Gasteiger partial charge in [-0.3, -0.25) is 14.4 Å². The Morgan fingerprint density at radius 1 is 0.947 bits per heavy atom. The number of carbonyl (C=O) groups is 4. The van der Waals surface area contributed by atoms with Gasteiger partial charge in [0, 0.05) is 56.3 Å². The first-order valence-corrected chi connectivity index (χ1v) is 12.4. The molecular weight excluding hydrogens is 522 g/mol. The summed E-state index contributed by atoms with van der Waals surface area (Å²) in [4.78, 5) is 48.7. The number of carbonyl (C=O) groups excluding carboxylic acids is 4. The van der Waals surface area contributed by atoms with Gasteiger partial charge in [-0.1, -0.05) is 24.3 Å². The van der Waals surface area contributed by atoms with Crippen molar-refractivity contribution in [3.05, 3.63) is 35.9 Å². The minimum Gasteiger partial charge on any atom is -0.467 e. The molecule has 0 bridgehead atoms. The van der Waals surface area contributed by atoms with Crippen LogP contribution in [0, 0.1) is 0 Å². The zero-order valence-electron chi connectivity index (χ0n) is 21.2. The first kappa shape index (κ1) is 27.5. The molecule has 0 aromatic heterocycles. The van der Waals surface area contributed by atoms with Crippen molar-refractivity contribution in [2.45, 2.75) is 57.4 Å². The van der Waals surface area contributed by atoms with E-state index in [0.29, 0.717) is 18.2 Å². The third-order valence-corrected chi connectivity index (χ3v) is 6.63. The zero-order chi connectivity index (χ0) is 27.6. The smallest absolute Gasteiger partial charge is 0.339 e. The van der Waals surface area contributed by atoms with Gasteiger partial charge in [0.1, 0.15) is 5.75 Å². The van der Waals surface area contributed by atoms with Gasteiger partial charge in [-0.2, -0.15) is 0 Å². The number of esters is 4. The van der Waals surface area contributed by atoms with Crippen LogP contribution in [-0.4, -0.2) is 74.1 Å². The van der Waals surface area contributed by atoms with Crippen LogP contribution in [0.15, 0.2) is 30.3 Å². The standard InChI is InChI=1S/C26H28ClNO10/c1-12(29)34-21-22(35-13(2)30)24(36-14(3)31)26(38-23(21)25(32)33-4)37-19-9-18-20(15(10-27)11-28-18)17-8-6-5-7-16(17)19/h5-9,15,21-24,26,28H,10-11H2,1-4H3/t15-,21+,22+,23+,24-,26?/m1/s1. The number of fused-ring (bicyclic) bond motifs is 3. The van der Waals surface area contributed by atoms with Crippen LogP contribution < -0.4 is 10.1 Å². The molecule has 0 amide bonds. The van der Waals surface area contributed by atoms with Crippen molar-refractivity contribution in [2.24, 2.45) is 0 Å². The van der Waals surface area contributed by atoms with E-state index in [1.807, 2.05) is 24.3 Å². The summed E-state index contributed by atoms with van der Waals surface area (Å²) in [5, 5.41) is 4.94. The number of benzene rings is 2. The highest BCUT2D eigenvalue weighted by Gasteiger charge is 2.56. The topological polar surface area (TPSA) is 136 Å². The van der Waals surface area contributed by atoms with Crippen LogP contribution in [0.3, 0.4) is 0 Å². The molecule has 1 saturated heterocycles. The van der Waals surface area contributed by atoms with E-state index in [4.69, 9.17) is 40.0 Å². The first-order valence-electron chi connectivity index (χ1n) is 11.9. The minimum atomic E-state index is -1.55. The molecule has 2 aliphatic heterocycles. The highest BCUT2D eigenvalue weighted by atomic mass is 35.5. The van der Waals surface area contributed by atoms with Gasteiger partial charge in [0.05, 0.1) is 7.11 Å². The molecule has 12 heteroatoms. The lowest BCUT2D eigenvalue weighted by Crippen LogP contribution is -2.64. The number of hydrogen-bond donors (Lipinski definition) is 1. The number of methoxy groups -OCH3 is 1. The second kappa shape index (κ2) is 11.4. The molecule has 2 aromatic carbocycles. The lowest BCUT2D eigenvalue weighted by atomic mass is 9.95. The Morgan fingerprint density at radius 3 is 2.16 bits per heavy atom. The maximum absolute atomic E-state index is 12.7. The Balaban J connectivity index is 1.81. The van der Waals surface area contributed by atoms with Crippen LogP contribution in [0.1, 0.15) is 32.3 Å². The van der Waals surface area contributed by atoms with Crippen molar-refractivity contribution < 1.29 is 47.6 Å². The third kappa shape index (κ3) is 5.48. The Labute approximate surface area is 223 Å². The molecule has 0 radical (unpaired) electrons. The zero-order valence-corrected chi connectivity index (χ0v) is 22.0. The van der Waals surface area contributed by atoms with E-state index in [1.54, 1.807) is 6.07 Å². The van der Waals surface area contributed by atoms with E-state index < -0.39 is 54.6 Å². The fourth-order valence-corrected chi connectivity index (χ4v) is 5.08. The fraction of sp³-hybridized carbons (Fsp3) is 0.462. The monoisotopic (exact) mass is 549 g/mol. The highest BCUT2D eigenvalue weighted by Crippen LogP contribution is 2.43. The molecule has 4 rings (SSSR count). The normalized spacial score (nSPS) is 26.0. The summed E-state index contributed by atoms with van der Waals surface area (Å²) in [5.41, 5.74) is 1.85. The third-order valence-electron chi connectivity index (χ3n) is 6.26. The van der Waals surface area contributed by atoms with Crippen LogP contribution in [0.25, 0.3) is 10.8 Å². The van der Waals surface area contributed by atoms with Crippen molar-refractivity contribution in [2.75, 3.05) is 24.9 Å². The van der Waals surface area contributed by atoms with Gasteiger partial charge in [0.2, 0.25) is 12.4 Å². The summed E-state index contributed by atoms with van der Waals surface area (Å²) in [7, 11) is 1.12. The van der Waals surface area contributed by atoms with Crippen molar-refractivity contribution in [3.63, 3.8) is 0 Å². The number of rotatable bonds is 7. The molecule has 2 aliphatic rings. The number of hydrogen-bond acceptors (Lipinski definition) is 11. The van der Waals surface area contributed by atoms with Crippen LogP contribution in [0.5, 0.6) is 5.75 Å². The molecule has 0 aliphatic carbocycles. The number of anilines is 1. The lowest BCUT2D eigenvalue weighted by Gasteiger charge is -2.43. The van der Waals surface area contributed by atoms with E-state index in [1.165, 1.54) is 0 Å². The summed E-state index contributed by atoms with van der Waals surface area (Å²) in [5.74, 6) is -2.34. The fourth-order valence-electron chi connectivity index (χ4n) is 4.81. The molecule has 11 nitrogen and oxygen atoms in total. The maximum Gasteiger partial charge on any atom is 0.339 e. The molecule has 38 heavy (non-hydrogen) atoms. The van der Waals surface area contributed by atoms with Gasteiger partial charge in [-0.25, -0.2) is 4.79 Å². The molecule has 2 heterocycles. The lowest BCUT2D eigenvalue weighted by molar-refractivity contribution is -0.282. The van der Waals surface area contributed by atoms with Gasteiger partial charge in [0.15, 0.2) is 18.3 Å². The molecule has 6 atom stereocenters. The number of ether oxygens (including phenoxy) is 6. The summed E-state index contributed by atoms with van der Waals surface area (Å²) in [6.07, 6.45) is -7.33. The van der Waals surface area contributed by atoms with Crippen LogP contribution in [-0.2, 0) is 42.9 Å². The Kier molecular flexibility index (Phi) is 8.27. The van der Waals surface area contributed by atoms with Gasteiger partial charge >= 0.3 is 23.9 Å². The summed E-state index contributed by atoms with van der Waals surface area (Å²) in [6.45, 7) is 4.03. The van der Waals surface area contributed by atoms with Crippen molar-refractivity contribution >= 4 is 51.9 Å². The molecule has 1 N–H and O–H groups in total. The average Bonchev–Trinajstić information content (AvgIpc) is 3.29. The van der Waals surface area contributed by atoms with E-state index in [9.17, 15) is 19.2 Å². The van der Waals surface area contributed by atoms with Crippen molar-refractivity contribution in [1.82, 2.24) is 0 Å². The molecule has 1 fully saturated rings. The van der Waals surface area contributed by atoms with Crippen molar-refractivity contribution in [1.29, 1.82) is 0 Å². The number of alkyl halides is 1. The second-order valence-corrected chi connectivity index (χ2v) is 9.21. The molecule has 0 saturated carbocycles. The maximum atomic E-state index is 12.7. The highest BCUT2D eigenvalue weighted by molar-refractivity contribution is 6.18. The van der Waals surface area contributed by atoms with E-state index in [0.717, 1.165) is 49.9 Å². The van der Waals surface area contributed by atoms with Crippen LogP contribution in [0.4, 0.5) is 5.69 Å². The number of halogens is 1. The summed E-state index contributed by atoms with van der Waals surface area (Å²) < 4.78 is 33.2. The van der Waals surface area contributed by atoms with Gasteiger partial charge < -0.3 is 33.7 Å². The predicted molar refractivity (Wildman–Crippen MR) is 134 cm³/mol. The predicted octanol–water partition coefficient (Wildman–Crippen LogP) is 2.66. The molecule has 0 spiro atoms. The first-order chi connectivity index (χ1) is 18.1. The SMILES string of the molecule is COC(=O)[C@H]1OC(Oc2cc3c(c4ccccc24)[C@H](CCl)CN3)[C@H](OC(C)=O)[C@@H](OC(C)=O)[C@@H]1OC(C)=O. The molecule has 1 unspecified atom stereocenters. The van der Waals surface area contributed by atoms with Crippen LogP contribution >= 0.6 is 11.6 Å². The van der Waals surface area contributed by atoms with Crippen molar-refractivity contribution in [3.8, 4) is 5.75 Å². The second-order valence-electron chi connectivity index (χ2n) is 8.90. The molecular formula is C26H28ClNO10. The Morgan fingerprint density at radius 2 is 1.55 bits per heavy atom. The molecule has 2 aromatic rings. The van der Waals surface area contributed by atoms with Crippen LogP contribution in [0.2, 0.25) is 0 Å². The van der Waals surface area contributed by atoms with Gasteiger partial charge in [0.25, 0.3) is 0 Å². The largest absolute Gasteiger partial charge is 0.467 e. The average molecular weight is 550 g/mol. The van der Waals surface area contributed by atoms with E-state index >= 15 is 0 Å². The summed E-state index contributed by atoms with van der Waals surface area (Å²) in [6, 6.07) is 9.28. The quantitative estimate of drug-likeness (QED) is 0.310. The van der Waals surface area contributed by atoms with Gasteiger partial charge in [-0.15, -0.1) is 11.6 Å². The van der Waals surface area contributed by atoms with E-state index in [-0.39, 0.29) is 5.92 Å². The Bertz CT molecular complexity index is 1250. The summed E-state index contributed by atoms with van der Waals surface area (Å²) >= 11 is 6.20.